The van der Waals surface area contributed by atoms with Crippen molar-refractivity contribution in [3.8, 4) is 0 Å². The smallest absolute Gasteiger partial charge is 0.207 e. The van der Waals surface area contributed by atoms with Crippen molar-refractivity contribution in [2.24, 2.45) is 0 Å². The van der Waals surface area contributed by atoms with Crippen molar-refractivity contribution in [2.75, 3.05) is 19.0 Å². The van der Waals surface area contributed by atoms with Gasteiger partial charge >= 0.3 is 0 Å². The van der Waals surface area contributed by atoms with Crippen LogP contribution in [0.2, 0.25) is 0 Å². The zero-order valence-corrected chi connectivity index (χ0v) is 10.8. The molecule has 2 aromatic heterocycles. The van der Waals surface area contributed by atoms with Gasteiger partial charge in [0.2, 0.25) is 5.95 Å². The number of anilines is 2. The summed E-state index contributed by atoms with van der Waals surface area (Å²) >= 11 is 0. The third-order valence-electron chi connectivity index (χ3n) is 2.59. The van der Waals surface area contributed by atoms with Gasteiger partial charge in [-0.25, -0.2) is 4.98 Å². The van der Waals surface area contributed by atoms with Gasteiger partial charge in [-0.3, -0.25) is 4.68 Å². The third kappa shape index (κ3) is 3.10. The van der Waals surface area contributed by atoms with E-state index in [0.717, 1.165) is 31.1 Å². The summed E-state index contributed by atoms with van der Waals surface area (Å²) in [7, 11) is 1.68. The summed E-state index contributed by atoms with van der Waals surface area (Å²) in [4.78, 5) is 4.29. The van der Waals surface area contributed by atoms with Gasteiger partial charge in [0.1, 0.15) is 0 Å². The van der Waals surface area contributed by atoms with Gasteiger partial charge in [-0.05, 0) is 6.42 Å². The summed E-state index contributed by atoms with van der Waals surface area (Å²) in [6.07, 6.45) is 8.59. The highest BCUT2D eigenvalue weighted by molar-refractivity contribution is 5.50. The van der Waals surface area contributed by atoms with Crippen LogP contribution in [-0.2, 0) is 17.8 Å². The number of nitrogens with zero attached hydrogens (tertiary/aromatic N) is 4. The molecule has 0 saturated carbocycles. The largest absolute Gasteiger partial charge is 0.383 e. The van der Waals surface area contributed by atoms with Crippen molar-refractivity contribution in [1.82, 2.24) is 19.3 Å². The van der Waals surface area contributed by atoms with Crippen LogP contribution >= 0.6 is 0 Å². The van der Waals surface area contributed by atoms with Gasteiger partial charge < -0.3 is 14.6 Å². The monoisotopic (exact) mass is 249 g/mol. The van der Waals surface area contributed by atoms with Gasteiger partial charge in [-0.1, -0.05) is 6.92 Å². The van der Waals surface area contributed by atoms with E-state index in [9.17, 15) is 0 Å². The Morgan fingerprint density at radius 3 is 3.06 bits per heavy atom. The van der Waals surface area contributed by atoms with Gasteiger partial charge in [-0.15, -0.1) is 0 Å². The molecule has 2 heterocycles. The molecule has 0 radical (unpaired) electrons. The standard InChI is InChI=1S/C12H19N5O/c1-3-5-16-6-4-13-12(16)15-11-9-14-17(10-11)7-8-18-2/h4,6,9-10H,3,5,7-8H2,1-2H3,(H,13,15). The molecule has 18 heavy (non-hydrogen) atoms. The average Bonchev–Trinajstić information content (AvgIpc) is 2.98. The number of rotatable bonds is 7. The molecule has 0 fully saturated rings. The minimum Gasteiger partial charge on any atom is -0.383 e. The molecule has 0 saturated heterocycles. The van der Waals surface area contributed by atoms with Gasteiger partial charge in [0.05, 0.1) is 25.0 Å². The van der Waals surface area contributed by atoms with Crippen LogP contribution in [0.3, 0.4) is 0 Å². The molecule has 2 aromatic rings. The van der Waals surface area contributed by atoms with Crippen LogP contribution < -0.4 is 5.32 Å². The Morgan fingerprint density at radius 2 is 2.28 bits per heavy atom. The Hall–Kier alpha value is -1.82. The second kappa shape index (κ2) is 6.20. The van der Waals surface area contributed by atoms with Crippen molar-refractivity contribution in [3.05, 3.63) is 24.8 Å². The van der Waals surface area contributed by atoms with E-state index in [1.165, 1.54) is 0 Å². The molecule has 0 aliphatic carbocycles. The molecule has 0 aliphatic rings. The van der Waals surface area contributed by atoms with Crippen LogP contribution in [0.5, 0.6) is 0 Å². The van der Waals surface area contributed by atoms with Gasteiger partial charge in [0.25, 0.3) is 0 Å². The summed E-state index contributed by atoms with van der Waals surface area (Å²) in [5.74, 6) is 0.850. The van der Waals surface area contributed by atoms with E-state index in [2.05, 4.69) is 26.9 Å². The first-order valence-corrected chi connectivity index (χ1v) is 6.13. The molecular formula is C12H19N5O. The number of aryl methyl sites for hydroxylation is 1. The van der Waals surface area contributed by atoms with Gasteiger partial charge in [0.15, 0.2) is 0 Å². The first kappa shape index (κ1) is 12.6. The molecule has 0 unspecified atom stereocenters. The van der Waals surface area contributed by atoms with Crippen LogP contribution in [0.15, 0.2) is 24.8 Å². The van der Waals surface area contributed by atoms with E-state index in [0.29, 0.717) is 6.61 Å². The van der Waals surface area contributed by atoms with Gasteiger partial charge in [-0.2, -0.15) is 5.10 Å². The number of methoxy groups -OCH3 is 1. The molecule has 6 nitrogen and oxygen atoms in total. The number of hydrogen-bond donors (Lipinski definition) is 1. The first-order valence-electron chi connectivity index (χ1n) is 6.13. The summed E-state index contributed by atoms with van der Waals surface area (Å²) in [5, 5.41) is 7.51. The lowest BCUT2D eigenvalue weighted by atomic mass is 10.5. The number of ether oxygens (including phenoxy) is 1. The second-order valence-electron chi connectivity index (χ2n) is 4.05. The fraction of sp³-hybridized carbons (Fsp3) is 0.500. The van der Waals surface area contributed by atoms with Crippen LogP contribution in [0.4, 0.5) is 11.6 Å². The van der Waals surface area contributed by atoms with E-state index in [1.807, 2.05) is 17.1 Å². The highest BCUT2D eigenvalue weighted by Gasteiger charge is 2.04. The molecule has 0 atom stereocenters. The van der Waals surface area contributed by atoms with E-state index in [1.54, 1.807) is 19.5 Å². The number of nitrogens with one attached hydrogen (secondary N) is 1. The lowest BCUT2D eigenvalue weighted by Crippen LogP contribution is -2.04. The molecule has 6 heteroatoms. The quantitative estimate of drug-likeness (QED) is 0.814. The van der Waals surface area contributed by atoms with E-state index in [4.69, 9.17) is 4.74 Å². The first-order chi connectivity index (χ1) is 8.83. The third-order valence-corrected chi connectivity index (χ3v) is 2.59. The van der Waals surface area contributed by atoms with E-state index >= 15 is 0 Å². The normalized spacial score (nSPS) is 10.8. The van der Waals surface area contributed by atoms with Crippen molar-refractivity contribution in [1.29, 1.82) is 0 Å². The Bertz CT molecular complexity index is 476. The highest BCUT2D eigenvalue weighted by Crippen LogP contribution is 2.14. The van der Waals surface area contributed by atoms with Crippen molar-refractivity contribution < 1.29 is 4.74 Å². The zero-order valence-electron chi connectivity index (χ0n) is 10.8. The van der Waals surface area contributed by atoms with Crippen LogP contribution in [-0.4, -0.2) is 33.0 Å². The maximum Gasteiger partial charge on any atom is 0.207 e. The summed E-state index contributed by atoms with van der Waals surface area (Å²) in [6.45, 7) is 4.51. The predicted molar refractivity (Wildman–Crippen MR) is 69.9 cm³/mol. The molecule has 2 rings (SSSR count). The SMILES string of the molecule is CCCn1ccnc1Nc1cnn(CCOC)c1. The zero-order chi connectivity index (χ0) is 12.8. The fourth-order valence-electron chi connectivity index (χ4n) is 1.72. The lowest BCUT2D eigenvalue weighted by Gasteiger charge is -2.06. The molecule has 0 bridgehead atoms. The Labute approximate surface area is 107 Å². The van der Waals surface area contributed by atoms with Crippen LogP contribution in [0, 0.1) is 0 Å². The van der Waals surface area contributed by atoms with Crippen LogP contribution in [0.1, 0.15) is 13.3 Å². The molecule has 1 N–H and O–H groups in total. The summed E-state index contributed by atoms with van der Waals surface area (Å²) in [5.41, 5.74) is 0.939. The number of hydrogen-bond acceptors (Lipinski definition) is 4. The average molecular weight is 249 g/mol. The van der Waals surface area contributed by atoms with Gasteiger partial charge in [0, 0.05) is 32.2 Å². The van der Waals surface area contributed by atoms with Crippen LogP contribution in [0.25, 0.3) is 0 Å². The molecule has 0 spiro atoms. The summed E-state index contributed by atoms with van der Waals surface area (Å²) < 4.78 is 8.95. The number of aromatic nitrogens is 4. The lowest BCUT2D eigenvalue weighted by molar-refractivity contribution is 0.183. The molecule has 0 aliphatic heterocycles. The van der Waals surface area contributed by atoms with Crippen molar-refractivity contribution >= 4 is 11.6 Å². The molecular weight excluding hydrogens is 230 g/mol. The van der Waals surface area contributed by atoms with E-state index in [-0.39, 0.29) is 0 Å². The number of imidazole rings is 1. The topological polar surface area (TPSA) is 56.9 Å². The van der Waals surface area contributed by atoms with Crippen molar-refractivity contribution in [3.63, 3.8) is 0 Å². The predicted octanol–water partition coefficient (Wildman–Crippen LogP) is 1.88. The van der Waals surface area contributed by atoms with E-state index < -0.39 is 0 Å². The van der Waals surface area contributed by atoms with Crippen molar-refractivity contribution in [2.45, 2.75) is 26.4 Å². The molecule has 0 aromatic carbocycles. The Morgan fingerprint density at radius 1 is 1.39 bits per heavy atom. The fourth-order valence-corrected chi connectivity index (χ4v) is 1.72. The Balaban J connectivity index is 1.99. The molecule has 98 valence electrons. The maximum atomic E-state index is 5.01. The molecule has 0 amide bonds. The minimum atomic E-state index is 0.658. The maximum absolute atomic E-state index is 5.01. The minimum absolute atomic E-state index is 0.658. The Kier molecular flexibility index (Phi) is 4.35. The highest BCUT2D eigenvalue weighted by atomic mass is 16.5. The second-order valence-corrected chi connectivity index (χ2v) is 4.05. The summed E-state index contributed by atoms with van der Waals surface area (Å²) in [6, 6.07) is 0.